The van der Waals surface area contributed by atoms with Crippen LogP contribution < -0.4 is 10.6 Å². The van der Waals surface area contributed by atoms with Crippen molar-refractivity contribution in [1.82, 2.24) is 5.32 Å². The van der Waals surface area contributed by atoms with Crippen LogP contribution >= 0.6 is 0 Å². The Morgan fingerprint density at radius 1 is 1.12 bits per heavy atom. The quantitative estimate of drug-likeness (QED) is 0.772. The number of amides is 2. The average Bonchev–Trinajstić information content (AvgIpc) is 2.54. The molecule has 6 nitrogen and oxygen atoms in total. The van der Waals surface area contributed by atoms with Gasteiger partial charge in [-0.1, -0.05) is 30.3 Å². The molecule has 0 heterocycles. The Balaban J connectivity index is 2.07. The van der Waals surface area contributed by atoms with Crippen molar-refractivity contribution >= 4 is 21.6 Å². The van der Waals surface area contributed by atoms with Crippen molar-refractivity contribution < 1.29 is 18.3 Å². The first kappa shape index (κ1) is 18.0. The standard InChI is InChI=1S/C17H20N2O4S/c1-12-7-8-15(24(2,22)23)9-16(12)19-17(21)18-10-13-5-3-4-6-14(13)11-20/h3-9,20H,10-11H2,1-2H3,(H2,18,19,21). The first-order valence-corrected chi connectivity index (χ1v) is 9.23. The molecule has 0 fully saturated rings. The maximum Gasteiger partial charge on any atom is 0.319 e. The smallest absolute Gasteiger partial charge is 0.319 e. The van der Waals surface area contributed by atoms with Gasteiger partial charge in [-0.25, -0.2) is 13.2 Å². The summed E-state index contributed by atoms with van der Waals surface area (Å²) in [5.74, 6) is 0. The van der Waals surface area contributed by atoms with Crippen molar-refractivity contribution in [3.8, 4) is 0 Å². The number of rotatable bonds is 5. The molecular weight excluding hydrogens is 328 g/mol. The molecule has 0 spiro atoms. The first-order chi connectivity index (χ1) is 11.3. The lowest BCUT2D eigenvalue weighted by molar-refractivity contribution is 0.251. The minimum absolute atomic E-state index is 0.102. The summed E-state index contributed by atoms with van der Waals surface area (Å²) in [6.45, 7) is 1.94. The fraction of sp³-hybridized carbons (Fsp3) is 0.235. The molecule has 0 aliphatic rings. The minimum atomic E-state index is -3.34. The largest absolute Gasteiger partial charge is 0.392 e. The fourth-order valence-electron chi connectivity index (χ4n) is 2.19. The van der Waals surface area contributed by atoms with Gasteiger partial charge in [-0.05, 0) is 35.7 Å². The zero-order chi connectivity index (χ0) is 17.7. The third-order valence-electron chi connectivity index (χ3n) is 3.61. The van der Waals surface area contributed by atoms with Gasteiger partial charge in [0.05, 0.1) is 11.5 Å². The Morgan fingerprint density at radius 2 is 1.79 bits per heavy atom. The monoisotopic (exact) mass is 348 g/mol. The number of urea groups is 1. The van der Waals surface area contributed by atoms with Crippen LogP contribution in [0.15, 0.2) is 47.4 Å². The number of hydrogen-bond acceptors (Lipinski definition) is 4. The van der Waals surface area contributed by atoms with E-state index in [2.05, 4.69) is 10.6 Å². The Labute approximate surface area is 141 Å². The molecular formula is C17H20N2O4S. The van der Waals surface area contributed by atoms with E-state index in [-0.39, 0.29) is 18.0 Å². The summed E-state index contributed by atoms with van der Waals surface area (Å²) in [4.78, 5) is 12.2. The highest BCUT2D eigenvalue weighted by Gasteiger charge is 2.11. The van der Waals surface area contributed by atoms with Gasteiger partial charge in [0.1, 0.15) is 0 Å². The lowest BCUT2D eigenvalue weighted by Gasteiger charge is -2.12. The number of nitrogens with one attached hydrogen (secondary N) is 2. The summed E-state index contributed by atoms with van der Waals surface area (Å²) in [5.41, 5.74) is 2.75. The Morgan fingerprint density at radius 3 is 2.42 bits per heavy atom. The molecule has 0 atom stereocenters. The SMILES string of the molecule is Cc1ccc(S(C)(=O)=O)cc1NC(=O)NCc1ccccc1CO. The molecule has 0 aliphatic carbocycles. The second-order valence-electron chi connectivity index (χ2n) is 5.48. The van der Waals surface area contributed by atoms with Gasteiger partial charge in [-0.15, -0.1) is 0 Å². The zero-order valence-corrected chi connectivity index (χ0v) is 14.4. The van der Waals surface area contributed by atoms with Crippen molar-refractivity contribution in [2.45, 2.75) is 25.0 Å². The molecule has 2 aromatic rings. The molecule has 0 aromatic heterocycles. The number of benzene rings is 2. The van der Waals surface area contributed by atoms with E-state index >= 15 is 0 Å². The average molecular weight is 348 g/mol. The number of carbonyl (C=O) groups is 1. The van der Waals surface area contributed by atoms with Crippen LogP contribution in [0.1, 0.15) is 16.7 Å². The topological polar surface area (TPSA) is 95.5 Å². The van der Waals surface area contributed by atoms with Gasteiger partial charge in [-0.3, -0.25) is 0 Å². The number of hydrogen-bond donors (Lipinski definition) is 3. The van der Waals surface area contributed by atoms with E-state index in [1.165, 1.54) is 12.1 Å². The molecule has 0 saturated carbocycles. The van der Waals surface area contributed by atoms with E-state index in [4.69, 9.17) is 0 Å². The molecule has 0 bridgehead atoms. The summed E-state index contributed by atoms with van der Waals surface area (Å²) < 4.78 is 23.2. The molecule has 2 rings (SSSR count). The van der Waals surface area contributed by atoms with Crippen LogP contribution in [0, 0.1) is 6.92 Å². The normalized spacial score (nSPS) is 11.1. The van der Waals surface area contributed by atoms with E-state index < -0.39 is 15.9 Å². The summed E-state index contributed by atoms with van der Waals surface area (Å²) in [6.07, 6.45) is 1.12. The summed E-state index contributed by atoms with van der Waals surface area (Å²) in [7, 11) is -3.34. The third-order valence-corrected chi connectivity index (χ3v) is 4.72. The highest BCUT2D eigenvalue weighted by molar-refractivity contribution is 7.90. The van der Waals surface area contributed by atoms with Crippen LogP contribution in [0.3, 0.4) is 0 Å². The summed E-state index contributed by atoms with van der Waals surface area (Å²) in [6, 6.07) is 11.4. The first-order valence-electron chi connectivity index (χ1n) is 7.34. The molecule has 128 valence electrons. The van der Waals surface area contributed by atoms with Gasteiger partial charge in [-0.2, -0.15) is 0 Å². The molecule has 0 radical (unpaired) electrons. The van der Waals surface area contributed by atoms with Gasteiger partial charge >= 0.3 is 6.03 Å². The van der Waals surface area contributed by atoms with E-state index in [0.717, 1.165) is 22.9 Å². The molecule has 0 aliphatic heterocycles. The molecule has 2 aromatic carbocycles. The van der Waals surface area contributed by atoms with Crippen molar-refractivity contribution in [3.05, 3.63) is 59.2 Å². The summed E-state index contributed by atoms with van der Waals surface area (Å²) in [5, 5.41) is 14.6. The second kappa shape index (κ2) is 7.46. The van der Waals surface area contributed by atoms with Crippen LogP contribution in [0.5, 0.6) is 0 Å². The number of aliphatic hydroxyl groups is 1. The number of anilines is 1. The van der Waals surface area contributed by atoms with Gasteiger partial charge in [0.2, 0.25) is 0 Å². The van der Waals surface area contributed by atoms with Crippen LogP contribution in [-0.4, -0.2) is 25.8 Å². The Bertz CT molecular complexity index is 847. The molecule has 2 amide bonds. The molecule has 3 N–H and O–H groups in total. The predicted octanol–water partition coefficient (Wildman–Crippen LogP) is 2.21. The van der Waals surface area contributed by atoms with Crippen LogP contribution in [-0.2, 0) is 23.0 Å². The van der Waals surface area contributed by atoms with Gasteiger partial charge < -0.3 is 15.7 Å². The van der Waals surface area contributed by atoms with E-state index in [1.807, 2.05) is 18.2 Å². The predicted molar refractivity (Wildman–Crippen MR) is 92.5 cm³/mol. The van der Waals surface area contributed by atoms with Gasteiger partial charge in [0.25, 0.3) is 0 Å². The van der Waals surface area contributed by atoms with Gasteiger partial charge in [0.15, 0.2) is 9.84 Å². The maximum atomic E-state index is 12.1. The fourth-order valence-corrected chi connectivity index (χ4v) is 2.84. The highest BCUT2D eigenvalue weighted by atomic mass is 32.2. The molecule has 0 unspecified atom stereocenters. The van der Waals surface area contributed by atoms with Crippen LogP contribution in [0.4, 0.5) is 10.5 Å². The van der Waals surface area contributed by atoms with Crippen LogP contribution in [0.25, 0.3) is 0 Å². The minimum Gasteiger partial charge on any atom is -0.392 e. The van der Waals surface area contributed by atoms with Crippen molar-refractivity contribution in [1.29, 1.82) is 0 Å². The van der Waals surface area contributed by atoms with Crippen molar-refractivity contribution in [2.75, 3.05) is 11.6 Å². The second-order valence-corrected chi connectivity index (χ2v) is 7.50. The number of aliphatic hydroxyl groups excluding tert-OH is 1. The van der Waals surface area contributed by atoms with Crippen LogP contribution in [0.2, 0.25) is 0 Å². The molecule has 7 heteroatoms. The lowest BCUT2D eigenvalue weighted by atomic mass is 10.1. The van der Waals surface area contributed by atoms with E-state index in [0.29, 0.717) is 5.69 Å². The van der Waals surface area contributed by atoms with Crippen molar-refractivity contribution in [2.24, 2.45) is 0 Å². The van der Waals surface area contributed by atoms with Gasteiger partial charge in [0, 0.05) is 18.5 Å². The Kier molecular flexibility index (Phi) is 5.58. The van der Waals surface area contributed by atoms with E-state index in [9.17, 15) is 18.3 Å². The van der Waals surface area contributed by atoms with E-state index in [1.54, 1.807) is 19.1 Å². The zero-order valence-electron chi connectivity index (χ0n) is 13.5. The lowest BCUT2D eigenvalue weighted by Crippen LogP contribution is -2.29. The molecule has 0 saturated heterocycles. The maximum absolute atomic E-state index is 12.1. The summed E-state index contributed by atoms with van der Waals surface area (Å²) >= 11 is 0. The third kappa shape index (κ3) is 4.56. The number of carbonyl (C=O) groups excluding carboxylic acids is 1. The highest BCUT2D eigenvalue weighted by Crippen LogP contribution is 2.20. The molecule has 24 heavy (non-hydrogen) atoms. The number of aryl methyl sites for hydroxylation is 1. The number of sulfone groups is 1. The van der Waals surface area contributed by atoms with Crippen molar-refractivity contribution in [3.63, 3.8) is 0 Å². The Hall–Kier alpha value is -2.38.